The molecule has 0 spiro atoms. The van der Waals surface area contributed by atoms with E-state index in [0.29, 0.717) is 25.2 Å². The molecule has 0 bridgehead atoms. The highest BCUT2D eigenvalue weighted by Gasteiger charge is 2.17. The molecule has 0 saturated heterocycles. The quantitative estimate of drug-likeness (QED) is 0.145. The van der Waals surface area contributed by atoms with Gasteiger partial charge in [-0.2, -0.15) is 0 Å². The third kappa shape index (κ3) is 10.8. The van der Waals surface area contributed by atoms with Crippen molar-refractivity contribution < 1.29 is 18.5 Å². The maximum atomic E-state index is 9.03. The molecule has 10 heteroatoms. The lowest BCUT2D eigenvalue weighted by Gasteiger charge is -2.08. The lowest BCUT2D eigenvalue weighted by Crippen LogP contribution is -1.99. The number of benzene rings is 12. The predicted molar refractivity (Wildman–Crippen MR) is 353 cm³/mol. The number of hydrogen-bond acceptors (Lipinski definition) is 6. The molecule has 1 N–H and O–H groups in total. The Morgan fingerprint density at radius 1 is 0.341 bits per heavy atom. The van der Waals surface area contributed by atoms with E-state index < -0.39 is 0 Å². The first-order valence-electron chi connectivity index (χ1n) is 27.6. The van der Waals surface area contributed by atoms with Gasteiger partial charge < -0.3 is 27.6 Å². The summed E-state index contributed by atoms with van der Waals surface area (Å²) in [6.45, 7) is 0. The average molecular weight is 1160 g/mol. The van der Waals surface area contributed by atoms with E-state index in [0.717, 1.165) is 76.5 Å². The molecule has 16 rings (SSSR count). The molecule has 0 aliphatic carbocycles. The Bertz CT molecular complexity index is 4900. The van der Waals surface area contributed by atoms with Crippen molar-refractivity contribution in [2.45, 2.75) is 7.43 Å². The van der Waals surface area contributed by atoms with Gasteiger partial charge in [-0.15, -0.1) is 0 Å². The molecule has 16 aromatic rings. The highest BCUT2D eigenvalue weighted by molar-refractivity contribution is 9.10. The first kappa shape index (κ1) is 53.8. The fraction of sp³-hybridized carbons (Fsp3) is 0.0133. The minimum absolute atomic E-state index is 0. The topological polar surface area (TPSA) is 91.4 Å². The fourth-order valence-corrected chi connectivity index (χ4v) is 11.3. The van der Waals surface area contributed by atoms with Crippen molar-refractivity contribution >= 4 is 89.4 Å². The molecule has 4 aromatic heterocycles. The summed E-state index contributed by atoms with van der Waals surface area (Å²) < 4.78 is 22.5. The average Bonchev–Trinajstić information content (AvgIpc) is 2.24. The van der Waals surface area contributed by atoms with Gasteiger partial charge in [0.25, 0.3) is 0 Å². The minimum atomic E-state index is 0. The fourth-order valence-electron chi connectivity index (χ4n) is 11.1. The zero-order valence-corrected chi connectivity index (χ0v) is 46.7. The van der Waals surface area contributed by atoms with E-state index in [4.69, 9.17) is 18.5 Å². The third-order valence-electron chi connectivity index (χ3n) is 15.1. The van der Waals surface area contributed by atoms with Crippen LogP contribution in [0.3, 0.4) is 0 Å². The summed E-state index contributed by atoms with van der Waals surface area (Å²) in [5.74, 6) is 1.91. The number of fused-ring (bicyclic) bond motifs is 8. The third-order valence-corrected chi connectivity index (χ3v) is 15.6. The molecule has 8 nitrogen and oxygen atoms in total. The van der Waals surface area contributed by atoms with E-state index in [2.05, 4.69) is 211 Å². The maximum absolute atomic E-state index is 9.03. The molecule has 12 aromatic carbocycles. The molecule has 0 aliphatic heterocycles. The Morgan fingerprint density at radius 2 is 0.671 bits per heavy atom. The second kappa shape index (κ2) is 23.8. The van der Waals surface area contributed by atoms with Crippen LogP contribution in [0.4, 0.5) is 0 Å². The second-order valence-electron chi connectivity index (χ2n) is 20.2. The van der Waals surface area contributed by atoms with Crippen molar-refractivity contribution in [3.63, 3.8) is 0 Å². The summed E-state index contributed by atoms with van der Waals surface area (Å²) in [6, 6.07) is 99.9. The van der Waals surface area contributed by atoms with Crippen LogP contribution in [0, 0.1) is 0 Å². The molecule has 407 valence electrons. The van der Waals surface area contributed by atoms with Crippen LogP contribution in [-0.4, -0.2) is 31.8 Å². The molecule has 0 unspecified atom stereocenters. The van der Waals surface area contributed by atoms with Crippen molar-refractivity contribution in [3.8, 4) is 73.4 Å². The van der Waals surface area contributed by atoms with Crippen molar-refractivity contribution in [2.75, 3.05) is 0 Å². The minimum Gasteiger partial charge on any atom is -0.537 e. The summed E-state index contributed by atoms with van der Waals surface area (Å²) >= 11 is 3.40. The largest absolute Gasteiger partial charge is 0.569 e. The first-order valence-corrected chi connectivity index (χ1v) is 28.4. The van der Waals surface area contributed by atoms with Crippen LogP contribution in [0.5, 0.6) is 5.75 Å². The maximum Gasteiger partial charge on any atom is 0.569 e. The number of aromatic nitrogens is 4. The molecule has 0 saturated carbocycles. The standard InChI is InChI=1S/C37H24N2O.C24H17BNO2.C13H8BrNO.CH4/c1-3-9-25(10-4-1)28-19-21-34-31(23-28)32-24-29(20-22-35(32)39(34)30-11-5-2-6-12-30)26-15-17-27(18-16-26)37-38-33-13-7-8-14-36(33)40-37;27-25-28-20-12-14-24-22(16-20)21-15-18(17-7-3-1-4-8-17)11-13-23(21)26(24)19-9-5-2-6-10-19;14-10-7-5-9(6-8-10)13-15-11-3-1-2-4-12(11)16-13;/h1-24H;1-16,27H;1-8H;1H4. The van der Waals surface area contributed by atoms with E-state index in [1.54, 1.807) is 0 Å². The van der Waals surface area contributed by atoms with Gasteiger partial charge in [-0.05, 0) is 173 Å². The Kier molecular flexibility index (Phi) is 15.0. The van der Waals surface area contributed by atoms with Gasteiger partial charge in [-0.1, -0.05) is 175 Å². The van der Waals surface area contributed by atoms with Gasteiger partial charge in [0.1, 0.15) is 16.8 Å². The van der Waals surface area contributed by atoms with E-state index in [1.165, 1.54) is 49.6 Å². The van der Waals surface area contributed by atoms with E-state index in [9.17, 15) is 0 Å². The van der Waals surface area contributed by atoms with Crippen molar-refractivity contribution in [1.82, 2.24) is 19.1 Å². The van der Waals surface area contributed by atoms with Crippen LogP contribution in [0.2, 0.25) is 0 Å². The number of oxazole rings is 2. The molecule has 0 amide bonds. The SMILES string of the molecule is Brc1ccc(-c2nc3ccccc3o2)cc1.C.O[B]Oc1ccc2c(c1)c1cc(-c3ccccc3)ccc1n2-c1ccccc1.c1ccc(-c2ccc3c(c2)c2cc(-c4ccc(-c5nc6ccccc6o5)cc4)ccc2n3-c2ccccc2)cc1. The van der Waals surface area contributed by atoms with Gasteiger partial charge in [0.2, 0.25) is 11.8 Å². The molecule has 1 radical (unpaired) electrons. The van der Waals surface area contributed by atoms with Gasteiger partial charge in [0, 0.05) is 48.5 Å². The smallest absolute Gasteiger partial charge is 0.537 e. The van der Waals surface area contributed by atoms with Crippen LogP contribution in [-0.2, 0) is 0 Å². The zero-order valence-electron chi connectivity index (χ0n) is 45.1. The second-order valence-corrected chi connectivity index (χ2v) is 21.1. The summed E-state index contributed by atoms with van der Waals surface area (Å²) in [6.07, 6.45) is 0. The Morgan fingerprint density at radius 3 is 1.08 bits per heavy atom. The number of rotatable bonds is 9. The highest BCUT2D eigenvalue weighted by Crippen LogP contribution is 2.39. The highest BCUT2D eigenvalue weighted by atomic mass is 79.9. The van der Waals surface area contributed by atoms with Crippen LogP contribution >= 0.6 is 15.9 Å². The molecular weight excluding hydrogens is 1110 g/mol. The number of nitrogens with zero attached hydrogens (tertiary/aromatic N) is 4. The summed E-state index contributed by atoms with van der Waals surface area (Å²) in [4.78, 5) is 9.09. The molecule has 0 fully saturated rings. The van der Waals surface area contributed by atoms with Gasteiger partial charge in [-0.25, -0.2) is 9.97 Å². The molecule has 0 aliphatic rings. The van der Waals surface area contributed by atoms with Crippen molar-refractivity contribution in [3.05, 3.63) is 296 Å². The van der Waals surface area contributed by atoms with E-state index in [1.807, 2.05) is 115 Å². The zero-order chi connectivity index (χ0) is 56.3. The number of para-hydroxylation sites is 6. The summed E-state index contributed by atoms with van der Waals surface area (Å²) in [5.41, 5.74) is 19.3. The van der Waals surface area contributed by atoms with Gasteiger partial charge in [0.15, 0.2) is 11.2 Å². The monoisotopic (exact) mass is 1160 g/mol. The lowest BCUT2D eigenvalue weighted by molar-refractivity contribution is 0.454. The predicted octanol–water partition coefficient (Wildman–Crippen LogP) is 20.2. The van der Waals surface area contributed by atoms with E-state index in [-0.39, 0.29) is 7.43 Å². The van der Waals surface area contributed by atoms with Crippen LogP contribution in [0.15, 0.2) is 304 Å². The summed E-state index contributed by atoms with van der Waals surface area (Å²) in [7, 11) is 0.715. The van der Waals surface area contributed by atoms with Crippen LogP contribution in [0.25, 0.3) is 133 Å². The molecule has 85 heavy (non-hydrogen) atoms. The van der Waals surface area contributed by atoms with Crippen LogP contribution in [0.1, 0.15) is 7.43 Å². The molecule has 0 atom stereocenters. The van der Waals surface area contributed by atoms with Gasteiger partial charge in [0.05, 0.1) is 22.1 Å². The molecule has 4 heterocycles. The number of halogens is 1. The van der Waals surface area contributed by atoms with Crippen molar-refractivity contribution in [1.29, 1.82) is 0 Å². The lowest BCUT2D eigenvalue weighted by atomic mass is 9.99. The van der Waals surface area contributed by atoms with Crippen molar-refractivity contribution in [2.24, 2.45) is 0 Å². The Hall–Kier alpha value is -10.5. The first-order chi connectivity index (χ1) is 41.5. The normalized spacial score (nSPS) is 11.1. The van der Waals surface area contributed by atoms with Gasteiger partial charge in [-0.3, -0.25) is 0 Å². The van der Waals surface area contributed by atoms with Gasteiger partial charge >= 0.3 is 7.69 Å². The Labute approximate surface area is 500 Å². The molecular formula is C75H53BBrN4O4. The Balaban J connectivity index is 0.000000129. The van der Waals surface area contributed by atoms with Crippen LogP contribution < -0.4 is 4.65 Å². The summed E-state index contributed by atoms with van der Waals surface area (Å²) in [5, 5.41) is 13.7. The van der Waals surface area contributed by atoms with E-state index >= 15 is 0 Å². The number of hydrogen-bond donors (Lipinski definition) is 1.